The Balaban J connectivity index is 2.34. The second-order valence-corrected chi connectivity index (χ2v) is 5.87. The summed E-state index contributed by atoms with van der Waals surface area (Å²) in [5, 5.41) is 31.3. The predicted octanol–water partition coefficient (Wildman–Crippen LogP) is -0.389. The molecule has 3 atom stereocenters. The van der Waals surface area contributed by atoms with Crippen LogP contribution < -0.4 is 5.32 Å². The van der Waals surface area contributed by atoms with Crippen molar-refractivity contribution >= 4 is 0 Å². The van der Waals surface area contributed by atoms with Gasteiger partial charge < -0.3 is 0 Å². The SMILES string of the molecule is OCC(CNCc1ccccc1)C(O)[CH](O)[Zn]. The number of rotatable bonds is 7. The molecule has 0 bridgehead atoms. The molecule has 1 aromatic carbocycles. The minimum absolute atomic E-state index is 0.125. The van der Waals surface area contributed by atoms with Gasteiger partial charge in [-0.25, -0.2) is 0 Å². The van der Waals surface area contributed by atoms with Crippen molar-refractivity contribution in [3.05, 3.63) is 35.9 Å². The van der Waals surface area contributed by atoms with Crippen LogP contribution in [0.15, 0.2) is 30.3 Å². The first-order chi connectivity index (χ1) is 8.15. The van der Waals surface area contributed by atoms with Crippen LogP contribution in [0.4, 0.5) is 0 Å². The van der Waals surface area contributed by atoms with Gasteiger partial charge in [0, 0.05) is 0 Å². The van der Waals surface area contributed by atoms with E-state index in [1.165, 1.54) is 0 Å². The van der Waals surface area contributed by atoms with E-state index in [-0.39, 0.29) is 12.5 Å². The van der Waals surface area contributed by atoms with Crippen molar-refractivity contribution in [2.75, 3.05) is 13.2 Å². The second-order valence-electron chi connectivity index (χ2n) is 4.12. The van der Waals surface area contributed by atoms with Crippen LogP contribution in [0.5, 0.6) is 0 Å². The van der Waals surface area contributed by atoms with Gasteiger partial charge in [-0.2, -0.15) is 0 Å². The maximum atomic E-state index is 9.66. The molecule has 1 aromatic rings. The summed E-state index contributed by atoms with van der Waals surface area (Å²) in [6, 6.07) is 9.92. The summed E-state index contributed by atoms with van der Waals surface area (Å²) in [6.07, 6.45) is -0.844. The van der Waals surface area contributed by atoms with Crippen LogP contribution in [-0.2, 0) is 24.8 Å². The molecule has 0 heterocycles. The van der Waals surface area contributed by atoms with Gasteiger partial charge in [0.25, 0.3) is 0 Å². The number of benzene rings is 1. The van der Waals surface area contributed by atoms with Gasteiger partial charge in [-0.3, -0.25) is 0 Å². The maximum absolute atomic E-state index is 9.66. The molecule has 0 radical (unpaired) electrons. The molecule has 0 fully saturated rings. The molecule has 0 saturated heterocycles. The summed E-state index contributed by atoms with van der Waals surface area (Å²) >= 11 is 0.607. The van der Waals surface area contributed by atoms with Gasteiger partial charge in [0.15, 0.2) is 0 Å². The molecule has 4 nitrogen and oxygen atoms in total. The van der Waals surface area contributed by atoms with Crippen LogP contribution in [0.1, 0.15) is 5.56 Å². The monoisotopic (exact) mass is 288 g/mol. The van der Waals surface area contributed by atoms with E-state index in [0.29, 0.717) is 31.4 Å². The van der Waals surface area contributed by atoms with Crippen LogP contribution in [-0.4, -0.2) is 39.3 Å². The average molecular weight is 290 g/mol. The van der Waals surface area contributed by atoms with Crippen LogP contribution in [0.2, 0.25) is 0 Å². The average Bonchev–Trinajstić information content (AvgIpc) is 2.35. The zero-order chi connectivity index (χ0) is 12.7. The van der Waals surface area contributed by atoms with Gasteiger partial charge >= 0.3 is 111 Å². The standard InChI is InChI=1S/C12H18NO3.Zn/c14-8-11(12(16)9-15)7-13-6-10-4-2-1-3-5-10;/h1-5,9,11-16H,6-8H2;. The van der Waals surface area contributed by atoms with E-state index < -0.39 is 10.8 Å². The third-order valence-electron chi connectivity index (χ3n) is 2.69. The zero-order valence-electron chi connectivity index (χ0n) is 9.79. The summed E-state index contributed by atoms with van der Waals surface area (Å²) in [5.74, 6) is -0.317. The van der Waals surface area contributed by atoms with E-state index in [9.17, 15) is 10.2 Å². The van der Waals surface area contributed by atoms with Gasteiger partial charge in [0.1, 0.15) is 0 Å². The minimum atomic E-state index is -0.844. The molecule has 0 aliphatic carbocycles. The molecule has 4 N–H and O–H groups in total. The van der Waals surface area contributed by atoms with Gasteiger partial charge in [0.2, 0.25) is 0 Å². The number of aliphatic hydroxyl groups excluding tert-OH is 3. The van der Waals surface area contributed by atoms with Gasteiger partial charge in [-0.05, 0) is 0 Å². The quantitative estimate of drug-likeness (QED) is 0.516. The van der Waals surface area contributed by atoms with E-state index in [4.69, 9.17) is 5.11 Å². The topological polar surface area (TPSA) is 72.7 Å². The molecule has 0 aromatic heterocycles. The fourth-order valence-electron chi connectivity index (χ4n) is 1.61. The van der Waals surface area contributed by atoms with Crippen LogP contribution in [0.3, 0.4) is 0 Å². The zero-order valence-corrected chi connectivity index (χ0v) is 12.8. The van der Waals surface area contributed by atoms with Crippen LogP contribution >= 0.6 is 0 Å². The fraction of sp³-hybridized carbons (Fsp3) is 0.500. The molecule has 0 spiro atoms. The Morgan fingerprint density at radius 2 is 1.82 bits per heavy atom. The Morgan fingerprint density at radius 3 is 2.35 bits per heavy atom. The molecule has 91 valence electrons. The summed E-state index contributed by atoms with van der Waals surface area (Å²) in [4.78, 5) is 0. The molecule has 17 heavy (non-hydrogen) atoms. The Hall–Kier alpha value is -0.317. The molecule has 0 saturated carbocycles. The predicted molar refractivity (Wildman–Crippen MR) is 60.7 cm³/mol. The number of nitrogens with one attached hydrogen (secondary N) is 1. The van der Waals surface area contributed by atoms with Crippen molar-refractivity contribution in [2.45, 2.75) is 17.3 Å². The summed E-state index contributed by atoms with van der Waals surface area (Å²) in [5.41, 5.74) is 1.16. The van der Waals surface area contributed by atoms with Crippen molar-refractivity contribution in [1.82, 2.24) is 5.32 Å². The number of aliphatic hydroxyl groups is 3. The van der Waals surface area contributed by atoms with Gasteiger partial charge in [0.05, 0.1) is 0 Å². The van der Waals surface area contributed by atoms with Crippen LogP contribution in [0, 0.1) is 5.92 Å². The number of hydrogen-bond acceptors (Lipinski definition) is 4. The van der Waals surface area contributed by atoms with Crippen LogP contribution in [0.25, 0.3) is 0 Å². The third kappa shape index (κ3) is 5.24. The first kappa shape index (κ1) is 14.7. The van der Waals surface area contributed by atoms with Crippen molar-refractivity contribution in [3.63, 3.8) is 0 Å². The van der Waals surface area contributed by atoms with Crippen molar-refractivity contribution < 1.29 is 33.6 Å². The molecular formula is C12H18NO3Zn. The van der Waals surface area contributed by atoms with E-state index in [2.05, 4.69) is 5.32 Å². The molecule has 5 heteroatoms. The Kier molecular flexibility index (Phi) is 6.85. The van der Waals surface area contributed by atoms with Crippen molar-refractivity contribution in [1.29, 1.82) is 0 Å². The molecule has 0 amide bonds. The molecule has 1 rings (SSSR count). The summed E-state index contributed by atoms with van der Waals surface area (Å²) in [6.45, 7) is 1.06. The summed E-state index contributed by atoms with van der Waals surface area (Å²) in [7, 11) is 0. The van der Waals surface area contributed by atoms with E-state index in [0.717, 1.165) is 5.56 Å². The molecule has 0 aliphatic heterocycles. The first-order valence-corrected chi connectivity index (χ1v) is 7.41. The van der Waals surface area contributed by atoms with E-state index >= 15 is 0 Å². The molecule has 3 unspecified atom stereocenters. The van der Waals surface area contributed by atoms with Gasteiger partial charge in [-0.1, -0.05) is 0 Å². The van der Waals surface area contributed by atoms with Crippen molar-refractivity contribution in [3.8, 4) is 0 Å². The molecular weight excluding hydrogens is 272 g/mol. The van der Waals surface area contributed by atoms with Crippen molar-refractivity contribution in [2.24, 2.45) is 5.92 Å². The third-order valence-corrected chi connectivity index (χ3v) is 3.70. The summed E-state index contributed by atoms with van der Waals surface area (Å²) < 4.78 is -0.703. The Labute approximate surface area is 111 Å². The molecule has 0 aliphatic rings. The fourth-order valence-corrected chi connectivity index (χ4v) is 2.41. The van der Waals surface area contributed by atoms with Gasteiger partial charge in [-0.15, -0.1) is 0 Å². The first-order valence-electron chi connectivity index (χ1n) is 5.70. The van der Waals surface area contributed by atoms with E-state index in [1.54, 1.807) is 0 Å². The normalized spacial score (nSPS) is 16.5. The Bertz CT molecular complexity index is 308. The second kappa shape index (κ2) is 7.90. The van der Waals surface area contributed by atoms with E-state index in [1.807, 2.05) is 30.3 Å². The Morgan fingerprint density at radius 1 is 1.18 bits per heavy atom. The number of hydrogen-bond donors (Lipinski definition) is 4.